The quantitative estimate of drug-likeness (QED) is 0.827. The smallest absolute Gasteiger partial charge is 0.245 e. The standard InChI is InChI=1S/C17H19BN2O/c1-4-12-5-7-13(8-6-12)16-15-10(2)11(3)18-17(15)20-14(21)9-19-16/h5-8,18H,4,9H2,1-3H3,(H,20,21). The van der Waals surface area contributed by atoms with Crippen molar-refractivity contribution in [3.63, 3.8) is 0 Å². The van der Waals surface area contributed by atoms with E-state index in [1.165, 1.54) is 16.6 Å². The number of hydrogen-bond donors (Lipinski definition) is 1. The molecule has 0 radical (unpaired) electrons. The molecule has 0 fully saturated rings. The predicted molar refractivity (Wildman–Crippen MR) is 87.9 cm³/mol. The number of carbonyl (C=O) groups is 1. The summed E-state index contributed by atoms with van der Waals surface area (Å²) in [5.41, 5.74) is 8.01. The summed E-state index contributed by atoms with van der Waals surface area (Å²) in [7, 11) is 0.818. The van der Waals surface area contributed by atoms with Crippen LogP contribution in [0.15, 0.2) is 51.5 Å². The molecule has 1 N–H and O–H groups in total. The number of nitrogens with one attached hydrogen (secondary N) is 1. The number of benzene rings is 1. The fourth-order valence-electron chi connectivity index (χ4n) is 2.92. The number of amides is 1. The van der Waals surface area contributed by atoms with Gasteiger partial charge in [-0.25, -0.2) is 0 Å². The van der Waals surface area contributed by atoms with Crippen molar-refractivity contribution in [2.75, 3.05) is 6.54 Å². The van der Waals surface area contributed by atoms with Gasteiger partial charge in [0.1, 0.15) is 6.54 Å². The minimum absolute atomic E-state index is 0.0230. The van der Waals surface area contributed by atoms with Crippen molar-refractivity contribution in [1.82, 2.24) is 5.32 Å². The molecule has 0 bridgehead atoms. The van der Waals surface area contributed by atoms with Gasteiger partial charge in [-0.05, 0) is 24.5 Å². The van der Waals surface area contributed by atoms with Gasteiger partial charge in [-0.3, -0.25) is 9.79 Å². The Balaban J connectivity index is 2.09. The number of aryl methyl sites for hydroxylation is 1. The Hall–Kier alpha value is -2.10. The van der Waals surface area contributed by atoms with Gasteiger partial charge in [-0.1, -0.05) is 49.2 Å². The number of carbonyl (C=O) groups excluding carboxylic acids is 1. The van der Waals surface area contributed by atoms with Crippen LogP contribution in [-0.2, 0) is 11.2 Å². The zero-order chi connectivity index (χ0) is 15.0. The van der Waals surface area contributed by atoms with Crippen molar-refractivity contribution in [2.45, 2.75) is 27.2 Å². The lowest BCUT2D eigenvalue weighted by Crippen LogP contribution is -2.26. The van der Waals surface area contributed by atoms with Gasteiger partial charge in [0.2, 0.25) is 13.2 Å². The summed E-state index contributed by atoms with van der Waals surface area (Å²) in [6.45, 7) is 6.58. The lowest BCUT2D eigenvalue weighted by Gasteiger charge is -2.12. The second-order valence-corrected chi connectivity index (χ2v) is 5.70. The predicted octanol–water partition coefficient (Wildman–Crippen LogP) is 2.12. The van der Waals surface area contributed by atoms with E-state index < -0.39 is 0 Å². The Morgan fingerprint density at radius 2 is 1.95 bits per heavy atom. The van der Waals surface area contributed by atoms with E-state index in [1.807, 2.05) is 0 Å². The van der Waals surface area contributed by atoms with Crippen LogP contribution in [0.25, 0.3) is 0 Å². The van der Waals surface area contributed by atoms with Crippen molar-refractivity contribution in [1.29, 1.82) is 0 Å². The zero-order valence-electron chi connectivity index (χ0n) is 12.8. The van der Waals surface area contributed by atoms with E-state index in [1.54, 1.807) is 0 Å². The molecule has 21 heavy (non-hydrogen) atoms. The van der Waals surface area contributed by atoms with Crippen LogP contribution >= 0.6 is 0 Å². The van der Waals surface area contributed by atoms with Crippen molar-refractivity contribution < 1.29 is 4.79 Å². The maximum atomic E-state index is 11.8. The van der Waals surface area contributed by atoms with Crippen LogP contribution in [0.4, 0.5) is 0 Å². The van der Waals surface area contributed by atoms with Gasteiger partial charge in [-0.15, -0.1) is 0 Å². The minimum atomic E-state index is -0.0230. The van der Waals surface area contributed by atoms with Crippen LogP contribution in [0.2, 0.25) is 0 Å². The highest BCUT2D eigenvalue weighted by molar-refractivity contribution is 6.58. The molecule has 3 rings (SSSR count). The van der Waals surface area contributed by atoms with Crippen LogP contribution in [-0.4, -0.2) is 25.4 Å². The first-order valence-corrected chi connectivity index (χ1v) is 7.44. The molecule has 3 nitrogen and oxygen atoms in total. The monoisotopic (exact) mass is 278 g/mol. The van der Waals surface area contributed by atoms with Gasteiger partial charge in [0.15, 0.2) is 0 Å². The summed E-state index contributed by atoms with van der Waals surface area (Å²) in [6, 6.07) is 8.50. The van der Waals surface area contributed by atoms with Crippen molar-refractivity contribution in [2.24, 2.45) is 4.99 Å². The second kappa shape index (κ2) is 5.36. The molecule has 0 unspecified atom stereocenters. The van der Waals surface area contributed by atoms with Crippen LogP contribution in [0.3, 0.4) is 0 Å². The third kappa shape index (κ3) is 2.46. The van der Waals surface area contributed by atoms with Crippen LogP contribution in [0.5, 0.6) is 0 Å². The van der Waals surface area contributed by atoms with E-state index in [9.17, 15) is 4.79 Å². The minimum Gasteiger partial charge on any atom is -0.336 e. The molecule has 1 amide bonds. The molecular weight excluding hydrogens is 259 g/mol. The fourth-order valence-corrected chi connectivity index (χ4v) is 2.92. The highest BCUT2D eigenvalue weighted by Crippen LogP contribution is 2.29. The summed E-state index contributed by atoms with van der Waals surface area (Å²) < 4.78 is 0. The van der Waals surface area contributed by atoms with E-state index in [0.717, 1.165) is 36.1 Å². The first-order chi connectivity index (χ1) is 10.1. The van der Waals surface area contributed by atoms with Gasteiger partial charge >= 0.3 is 0 Å². The Labute approximate surface area is 126 Å². The van der Waals surface area contributed by atoms with E-state index in [2.05, 4.69) is 55.3 Å². The van der Waals surface area contributed by atoms with E-state index in [0.29, 0.717) is 0 Å². The van der Waals surface area contributed by atoms with Crippen molar-refractivity contribution in [3.05, 3.63) is 57.6 Å². The lowest BCUT2D eigenvalue weighted by atomic mass is 9.69. The third-order valence-corrected chi connectivity index (χ3v) is 4.30. The summed E-state index contributed by atoms with van der Waals surface area (Å²) in [6.07, 6.45) is 1.03. The van der Waals surface area contributed by atoms with Gasteiger partial charge in [-0.2, -0.15) is 0 Å². The normalized spacial score (nSPS) is 18.0. The number of rotatable bonds is 2. The van der Waals surface area contributed by atoms with E-state index in [-0.39, 0.29) is 12.5 Å². The van der Waals surface area contributed by atoms with E-state index in [4.69, 9.17) is 0 Å². The average molecular weight is 278 g/mol. The molecule has 0 aromatic heterocycles. The van der Waals surface area contributed by atoms with Gasteiger partial charge in [0.25, 0.3) is 0 Å². The van der Waals surface area contributed by atoms with Gasteiger partial charge < -0.3 is 5.32 Å². The number of allylic oxidation sites excluding steroid dienone is 3. The summed E-state index contributed by atoms with van der Waals surface area (Å²) in [5.74, 6) is -0.0230. The van der Waals surface area contributed by atoms with E-state index >= 15 is 0 Å². The second-order valence-electron chi connectivity index (χ2n) is 5.70. The topological polar surface area (TPSA) is 41.5 Å². The van der Waals surface area contributed by atoms with Crippen LogP contribution in [0.1, 0.15) is 31.9 Å². The fraction of sp³-hybridized carbons (Fsp3) is 0.294. The molecule has 106 valence electrons. The molecule has 2 aliphatic heterocycles. The molecular formula is C17H19BN2O. The van der Waals surface area contributed by atoms with Crippen LogP contribution in [0, 0.1) is 0 Å². The molecule has 1 aromatic rings. The zero-order valence-corrected chi connectivity index (χ0v) is 12.8. The number of hydrogen-bond acceptors (Lipinski definition) is 2. The van der Waals surface area contributed by atoms with Crippen molar-refractivity contribution >= 4 is 18.9 Å². The maximum Gasteiger partial charge on any atom is 0.245 e. The van der Waals surface area contributed by atoms with Crippen molar-refractivity contribution in [3.8, 4) is 0 Å². The number of nitrogens with zero attached hydrogens (tertiary/aromatic N) is 1. The lowest BCUT2D eigenvalue weighted by molar-refractivity contribution is -0.118. The first kappa shape index (κ1) is 13.9. The highest BCUT2D eigenvalue weighted by Gasteiger charge is 2.28. The molecule has 0 aliphatic carbocycles. The summed E-state index contributed by atoms with van der Waals surface area (Å²) >= 11 is 0. The first-order valence-electron chi connectivity index (χ1n) is 7.44. The maximum absolute atomic E-state index is 11.8. The molecule has 0 saturated heterocycles. The number of aliphatic imine (C=N–C) groups is 1. The average Bonchev–Trinajstić information content (AvgIpc) is 2.67. The third-order valence-electron chi connectivity index (χ3n) is 4.30. The molecule has 0 saturated carbocycles. The summed E-state index contributed by atoms with van der Waals surface area (Å²) in [4.78, 5) is 16.4. The van der Waals surface area contributed by atoms with Gasteiger partial charge in [0, 0.05) is 11.1 Å². The Kier molecular flexibility index (Phi) is 3.54. The van der Waals surface area contributed by atoms with Gasteiger partial charge in [0.05, 0.1) is 5.71 Å². The largest absolute Gasteiger partial charge is 0.336 e. The molecule has 4 heteroatoms. The highest BCUT2D eigenvalue weighted by atomic mass is 16.1. The summed E-state index contributed by atoms with van der Waals surface area (Å²) in [5, 5.41) is 3.01. The molecule has 0 atom stereocenters. The Bertz CT molecular complexity index is 692. The molecule has 1 aromatic carbocycles. The Morgan fingerprint density at radius 1 is 1.24 bits per heavy atom. The SMILES string of the molecule is CCc1ccc(C2=NCC(=O)NC3=C2C(C)=C(C)B3)cc1. The van der Waals surface area contributed by atoms with Crippen LogP contribution < -0.4 is 5.32 Å². The Morgan fingerprint density at radius 3 is 2.62 bits per heavy atom. The molecule has 2 heterocycles. The molecule has 2 aliphatic rings. The molecule has 0 spiro atoms.